The van der Waals surface area contributed by atoms with Crippen LogP contribution in [0.25, 0.3) is 0 Å². The highest BCUT2D eigenvalue weighted by Gasteiger charge is 2.59. The van der Waals surface area contributed by atoms with Crippen LogP contribution < -0.4 is 10.6 Å². The van der Waals surface area contributed by atoms with E-state index in [9.17, 15) is 0 Å². The van der Waals surface area contributed by atoms with Gasteiger partial charge in [0.1, 0.15) is 11.5 Å². The number of hydrogen-bond donors (Lipinski definition) is 3. The van der Waals surface area contributed by atoms with Crippen LogP contribution in [0.4, 0.5) is 5.82 Å². The molecule has 0 spiro atoms. The van der Waals surface area contributed by atoms with Crippen LogP contribution in [-0.2, 0) is 5.66 Å². The molecule has 3 N–H and O–H groups in total. The van der Waals surface area contributed by atoms with E-state index >= 15 is 0 Å². The fourth-order valence-corrected chi connectivity index (χ4v) is 4.68. The van der Waals surface area contributed by atoms with Gasteiger partial charge in [0.05, 0.1) is 6.34 Å². The first-order chi connectivity index (χ1) is 9.97. The molecular formula is C17H28N4. The number of aliphatic imine (C=N–C) groups is 1. The van der Waals surface area contributed by atoms with Gasteiger partial charge in [0.15, 0.2) is 0 Å². The Bertz CT molecular complexity index is 531. The number of hydrogen-bond acceptors (Lipinski definition) is 3. The van der Waals surface area contributed by atoms with Crippen LogP contribution in [0.3, 0.4) is 0 Å². The molecule has 2 heterocycles. The Balaban J connectivity index is 2.21. The van der Waals surface area contributed by atoms with E-state index in [2.05, 4.69) is 49.5 Å². The highest BCUT2D eigenvalue weighted by molar-refractivity contribution is 5.79. The number of H-pyrrole nitrogens is 1. The first-order valence-electron chi connectivity index (χ1n) is 8.14. The molecule has 4 nitrogen and oxygen atoms in total. The molecule has 1 fully saturated rings. The van der Waals surface area contributed by atoms with Crippen LogP contribution in [0.5, 0.6) is 0 Å². The Hall–Kier alpha value is -1.29. The standard InChI is InChI=1S/C17H28N4/c1-15(2,3)16(9-6-5-7-10-16)17(18-4)13-8-11-19-14(13)20-12-21-17/h8,11-12,18-19H,5-7,9-10H2,1-4H3,(H,20,21). The molecule has 1 atom stereocenters. The third-order valence-corrected chi connectivity index (χ3v) is 5.80. The number of aromatic amines is 1. The number of fused-ring (bicyclic) bond motifs is 1. The predicted molar refractivity (Wildman–Crippen MR) is 88.6 cm³/mol. The van der Waals surface area contributed by atoms with E-state index in [1.807, 2.05) is 12.5 Å². The average molecular weight is 288 g/mol. The molecule has 1 aromatic heterocycles. The molecule has 21 heavy (non-hydrogen) atoms. The summed E-state index contributed by atoms with van der Waals surface area (Å²) in [5, 5.41) is 6.87. The fourth-order valence-electron chi connectivity index (χ4n) is 4.68. The first kappa shape index (κ1) is 14.6. The van der Waals surface area contributed by atoms with Gasteiger partial charge >= 0.3 is 0 Å². The molecule has 3 rings (SSSR count). The van der Waals surface area contributed by atoms with Gasteiger partial charge in [-0.1, -0.05) is 40.0 Å². The lowest BCUT2D eigenvalue weighted by Crippen LogP contribution is -2.60. The molecule has 1 aliphatic carbocycles. The lowest BCUT2D eigenvalue weighted by Gasteiger charge is -2.58. The minimum absolute atomic E-state index is 0.128. The summed E-state index contributed by atoms with van der Waals surface area (Å²) in [5.74, 6) is 1.08. The molecule has 1 aliphatic heterocycles. The highest BCUT2D eigenvalue weighted by Crippen LogP contribution is 2.61. The Morgan fingerprint density at radius 1 is 1.19 bits per heavy atom. The van der Waals surface area contributed by atoms with E-state index in [-0.39, 0.29) is 16.5 Å². The maximum absolute atomic E-state index is 4.99. The number of nitrogens with one attached hydrogen (secondary N) is 3. The molecule has 0 amide bonds. The SMILES string of the molecule is CNC1(C2(C(C)(C)C)CCCCC2)N=CNc2[nH]ccc21. The lowest BCUT2D eigenvalue weighted by molar-refractivity contribution is -0.0567. The van der Waals surface area contributed by atoms with Crippen molar-refractivity contribution < 1.29 is 0 Å². The third-order valence-electron chi connectivity index (χ3n) is 5.80. The van der Waals surface area contributed by atoms with E-state index in [0.29, 0.717) is 0 Å². The second-order valence-corrected chi connectivity index (χ2v) is 7.52. The lowest BCUT2D eigenvalue weighted by atomic mass is 9.52. The zero-order chi connectivity index (χ0) is 15.1. The van der Waals surface area contributed by atoms with Crippen molar-refractivity contribution >= 4 is 12.2 Å². The van der Waals surface area contributed by atoms with E-state index in [0.717, 1.165) is 5.82 Å². The second kappa shape index (κ2) is 4.87. The van der Waals surface area contributed by atoms with Crippen LogP contribution >= 0.6 is 0 Å². The van der Waals surface area contributed by atoms with E-state index < -0.39 is 0 Å². The summed E-state index contributed by atoms with van der Waals surface area (Å²) in [6.07, 6.45) is 10.3. The Labute approximate surface area is 127 Å². The number of nitrogens with zero attached hydrogens (tertiary/aromatic N) is 1. The number of anilines is 1. The van der Waals surface area contributed by atoms with E-state index in [4.69, 9.17) is 4.99 Å². The predicted octanol–water partition coefficient (Wildman–Crippen LogP) is 3.84. The van der Waals surface area contributed by atoms with E-state index in [1.165, 1.54) is 37.7 Å². The minimum Gasteiger partial charge on any atom is -0.348 e. The van der Waals surface area contributed by atoms with Crippen molar-refractivity contribution in [3.8, 4) is 0 Å². The maximum atomic E-state index is 4.99. The van der Waals surface area contributed by atoms with Crippen molar-refractivity contribution in [3.63, 3.8) is 0 Å². The monoisotopic (exact) mass is 288 g/mol. The molecule has 0 radical (unpaired) electrons. The summed E-state index contributed by atoms with van der Waals surface area (Å²) in [6.45, 7) is 7.13. The topological polar surface area (TPSA) is 52.2 Å². The molecule has 1 aromatic rings. The summed E-state index contributed by atoms with van der Waals surface area (Å²) < 4.78 is 0. The van der Waals surface area contributed by atoms with Gasteiger partial charge < -0.3 is 10.3 Å². The van der Waals surface area contributed by atoms with Crippen LogP contribution in [0, 0.1) is 10.8 Å². The van der Waals surface area contributed by atoms with Gasteiger partial charge in [-0.3, -0.25) is 5.32 Å². The van der Waals surface area contributed by atoms with Crippen molar-refractivity contribution in [1.82, 2.24) is 10.3 Å². The van der Waals surface area contributed by atoms with Crippen molar-refractivity contribution in [2.45, 2.75) is 58.5 Å². The summed E-state index contributed by atoms with van der Waals surface area (Å²) >= 11 is 0. The zero-order valence-corrected chi connectivity index (χ0v) is 13.7. The summed E-state index contributed by atoms with van der Waals surface area (Å²) in [6, 6.07) is 2.18. The van der Waals surface area contributed by atoms with Gasteiger partial charge in [0, 0.05) is 17.2 Å². The van der Waals surface area contributed by atoms with Crippen LogP contribution in [0.1, 0.15) is 58.4 Å². The third kappa shape index (κ3) is 1.88. The largest absolute Gasteiger partial charge is 0.348 e. The van der Waals surface area contributed by atoms with Crippen LogP contribution in [-0.4, -0.2) is 18.4 Å². The molecule has 1 unspecified atom stereocenters. The normalized spacial score (nSPS) is 28.0. The molecule has 0 saturated heterocycles. The highest BCUT2D eigenvalue weighted by atomic mass is 15.2. The molecule has 1 saturated carbocycles. The van der Waals surface area contributed by atoms with Gasteiger partial charge in [-0.05, 0) is 31.4 Å². The fraction of sp³-hybridized carbons (Fsp3) is 0.706. The number of aromatic nitrogens is 1. The number of rotatable bonds is 2. The van der Waals surface area contributed by atoms with Gasteiger partial charge in [-0.2, -0.15) is 0 Å². The Morgan fingerprint density at radius 2 is 1.90 bits per heavy atom. The van der Waals surface area contributed by atoms with Gasteiger partial charge in [-0.25, -0.2) is 4.99 Å². The van der Waals surface area contributed by atoms with Crippen molar-refractivity contribution in [1.29, 1.82) is 0 Å². The quantitative estimate of drug-likeness (QED) is 0.774. The van der Waals surface area contributed by atoms with Crippen LogP contribution in [0.2, 0.25) is 0 Å². The summed E-state index contributed by atoms with van der Waals surface area (Å²) in [5.41, 5.74) is 1.22. The first-order valence-corrected chi connectivity index (χ1v) is 8.14. The molecule has 0 bridgehead atoms. The smallest absolute Gasteiger partial charge is 0.147 e. The zero-order valence-electron chi connectivity index (χ0n) is 13.7. The average Bonchev–Trinajstić information content (AvgIpc) is 2.95. The van der Waals surface area contributed by atoms with Crippen molar-refractivity contribution in [3.05, 3.63) is 17.8 Å². The van der Waals surface area contributed by atoms with Gasteiger partial charge in [-0.15, -0.1) is 0 Å². The molecular weight excluding hydrogens is 260 g/mol. The molecule has 116 valence electrons. The molecule has 2 aliphatic rings. The second-order valence-electron chi connectivity index (χ2n) is 7.52. The van der Waals surface area contributed by atoms with Crippen molar-refractivity contribution in [2.24, 2.45) is 15.8 Å². The summed E-state index contributed by atoms with van der Waals surface area (Å²) in [7, 11) is 2.06. The molecule has 4 heteroatoms. The molecule has 0 aromatic carbocycles. The van der Waals surface area contributed by atoms with E-state index in [1.54, 1.807) is 0 Å². The Kier molecular flexibility index (Phi) is 3.40. The minimum atomic E-state index is -0.341. The van der Waals surface area contributed by atoms with Gasteiger partial charge in [0.25, 0.3) is 0 Å². The van der Waals surface area contributed by atoms with Crippen molar-refractivity contribution in [2.75, 3.05) is 12.4 Å². The summed E-state index contributed by atoms with van der Waals surface area (Å²) in [4.78, 5) is 8.30. The maximum Gasteiger partial charge on any atom is 0.147 e. The van der Waals surface area contributed by atoms with Gasteiger partial charge in [0.2, 0.25) is 0 Å². The van der Waals surface area contributed by atoms with Crippen LogP contribution in [0.15, 0.2) is 17.3 Å². The Morgan fingerprint density at radius 3 is 2.52 bits per heavy atom.